The summed E-state index contributed by atoms with van der Waals surface area (Å²) in [4.78, 5) is 9.42. The Hall–Kier alpha value is -3.62. The van der Waals surface area contributed by atoms with E-state index in [1.807, 2.05) is 60.7 Å². The summed E-state index contributed by atoms with van der Waals surface area (Å²) < 4.78 is 2.02. The van der Waals surface area contributed by atoms with Crippen molar-refractivity contribution in [3.63, 3.8) is 0 Å². The molecule has 0 aliphatic carbocycles. The lowest BCUT2D eigenvalue weighted by Crippen LogP contribution is -2.10. The quantitative estimate of drug-likeness (QED) is 0.242. The Kier molecular flexibility index (Phi) is 4.30. The molecule has 0 radical (unpaired) electrons. The first-order valence-corrected chi connectivity index (χ1v) is 10.7. The van der Waals surface area contributed by atoms with E-state index in [0.29, 0.717) is 11.1 Å². The van der Waals surface area contributed by atoms with Gasteiger partial charge in [0.15, 0.2) is 0 Å². The van der Waals surface area contributed by atoms with Crippen molar-refractivity contribution in [1.29, 1.82) is 10.8 Å². The van der Waals surface area contributed by atoms with Gasteiger partial charge in [0.1, 0.15) is 21.7 Å². The molecular weight excluding hydrogens is 412 g/mol. The molecule has 0 aliphatic heterocycles. The van der Waals surface area contributed by atoms with Crippen LogP contribution in [0.4, 0.5) is 0 Å². The number of amidine groups is 2. The van der Waals surface area contributed by atoms with Crippen LogP contribution in [0.2, 0.25) is 0 Å². The van der Waals surface area contributed by atoms with Gasteiger partial charge in [-0.25, -0.2) is 9.97 Å². The van der Waals surface area contributed by atoms with E-state index in [-0.39, 0.29) is 11.7 Å². The molecule has 5 aromatic rings. The summed E-state index contributed by atoms with van der Waals surface area (Å²) in [7, 11) is 0. The molecule has 6 N–H and O–H groups in total. The van der Waals surface area contributed by atoms with Crippen molar-refractivity contribution in [2.24, 2.45) is 11.5 Å². The number of aromatic nitrogens is 2. The molecule has 0 saturated heterocycles. The van der Waals surface area contributed by atoms with Crippen LogP contribution in [0.25, 0.3) is 41.6 Å². The third kappa shape index (κ3) is 3.22. The number of nitrogens with two attached hydrogens (primary N) is 2. The van der Waals surface area contributed by atoms with E-state index < -0.39 is 0 Å². The van der Waals surface area contributed by atoms with Crippen LogP contribution in [0.15, 0.2) is 60.7 Å². The normalized spacial score (nSPS) is 11.2. The van der Waals surface area contributed by atoms with Crippen molar-refractivity contribution >= 4 is 54.8 Å². The van der Waals surface area contributed by atoms with E-state index in [9.17, 15) is 0 Å². The van der Waals surface area contributed by atoms with Gasteiger partial charge >= 0.3 is 0 Å². The molecule has 5 rings (SSSR count). The number of nitrogen functional groups attached to an aromatic ring is 2. The summed E-state index contributed by atoms with van der Waals surface area (Å²) in [6, 6.07) is 19.4. The zero-order valence-corrected chi connectivity index (χ0v) is 17.3. The van der Waals surface area contributed by atoms with Crippen LogP contribution in [0, 0.1) is 10.8 Å². The van der Waals surface area contributed by atoms with Crippen LogP contribution in [-0.4, -0.2) is 21.6 Å². The number of hydrogen-bond acceptors (Lipinski definition) is 6. The smallest absolute Gasteiger partial charge is 0.124 e. The fourth-order valence-electron chi connectivity index (χ4n) is 3.19. The van der Waals surface area contributed by atoms with E-state index in [2.05, 4.69) is 0 Å². The van der Waals surface area contributed by atoms with Gasteiger partial charge in [-0.3, -0.25) is 10.8 Å². The van der Waals surface area contributed by atoms with Crippen molar-refractivity contribution in [3.05, 3.63) is 71.8 Å². The average Bonchev–Trinajstić information content (AvgIpc) is 3.36. The van der Waals surface area contributed by atoms with Crippen molar-refractivity contribution in [3.8, 4) is 21.1 Å². The van der Waals surface area contributed by atoms with Gasteiger partial charge in [-0.2, -0.15) is 0 Å². The Morgan fingerprint density at radius 2 is 1.03 bits per heavy atom. The first-order chi connectivity index (χ1) is 14.5. The zero-order chi connectivity index (χ0) is 20.8. The molecule has 0 saturated carbocycles. The summed E-state index contributed by atoms with van der Waals surface area (Å²) in [6.07, 6.45) is 0. The lowest BCUT2D eigenvalue weighted by molar-refractivity contribution is 1.42. The van der Waals surface area contributed by atoms with Crippen LogP contribution < -0.4 is 11.5 Å². The Morgan fingerprint density at radius 1 is 0.633 bits per heavy atom. The maximum absolute atomic E-state index is 7.60. The van der Waals surface area contributed by atoms with Crippen LogP contribution in [0.5, 0.6) is 0 Å². The molecule has 0 unspecified atom stereocenters. The minimum Gasteiger partial charge on any atom is -0.384 e. The Balaban J connectivity index is 1.48. The lowest BCUT2D eigenvalue weighted by atomic mass is 10.1. The molecule has 0 fully saturated rings. The predicted molar refractivity (Wildman–Crippen MR) is 126 cm³/mol. The molecule has 0 amide bonds. The van der Waals surface area contributed by atoms with Gasteiger partial charge in [-0.05, 0) is 36.4 Å². The van der Waals surface area contributed by atoms with Crippen molar-refractivity contribution in [1.82, 2.24) is 9.97 Å². The number of nitrogens with zero attached hydrogens (tertiary/aromatic N) is 2. The summed E-state index contributed by atoms with van der Waals surface area (Å²) in [5.41, 5.74) is 16.5. The highest BCUT2D eigenvalue weighted by Crippen LogP contribution is 2.34. The van der Waals surface area contributed by atoms with E-state index in [0.717, 1.165) is 41.6 Å². The summed E-state index contributed by atoms with van der Waals surface area (Å²) in [5, 5.41) is 17.0. The molecule has 2 aromatic heterocycles. The number of rotatable bonds is 4. The fourth-order valence-corrected chi connectivity index (χ4v) is 5.21. The Bertz CT molecular complexity index is 1340. The number of fused-ring (bicyclic) bond motifs is 2. The van der Waals surface area contributed by atoms with Crippen molar-refractivity contribution in [2.45, 2.75) is 0 Å². The lowest BCUT2D eigenvalue weighted by Gasteiger charge is -1.98. The monoisotopic (exact) mass is 428 g/mol. The summed E-state index contributed by atoms with van der Waals surface area (Å²) in [6.45, 7) is 0. The van der Waals surface area contributed by atoms with E-state index >= 15 is 0 Å². The van der Waals surface area contributed by atoms with Gasteiger partial charge in [0.2, 0.25) is 0 Å². The largest absolute Gasteiger partial charge is 0.384 e. The van der Waals surface area contributed by atoms with Crippen molar-refractivity contribution in [2.75, 3.05) is 0 Å². The Labute approximate surface area is 179 Å². The minimum absolute atomic E-state index is 0.0578. The van der Waals surface area contributed by atoms with Crippen LogP contribution >= 0.6 is 22.7 Å². The summed E-state index contributed by atoms with van der Waals surface area (Å²) >= 11 is 3.17. The van der Waals surface area contributed by atoms with E-state index in [1.54, 1.807) is 22.7 Å². The molecule has 6 nitrogen and oxygen atoms in total. The second kappa shape index (κ2) is 7.01. The Morgan fingerprint density at radius 3 is 1.40 bits per heavy atom. The molecule has 0 aliphatic rings. The fraction of sp³-hybridized carbons (Fsp3) is 0. The molecule has 146 valence electrons. The molecule has 3 aromatic carbocycles. The molecule has 2 heterocycles. The maximum atomic E-state index is 7.60. The van der Waals surface area contributed by atoms with Crippen LogP contribution in [0.1, 0.15) is 11.1 Å². The highest BCUT2D eigenvalue weighted by molar-refractivity contribution is 7.22. The number of hydrogen-bond donors (Lipinski definition) is 4. The first-order valence-electron chi connectivity index (χ1n) is 9.09. The third-order valence-corrected chi connectivity index (χ3v) is 6.91. The van der Waals surface area contributed by atoms with Gasteiger partial charge in [0.05, 0.1) is 20.4 Å². The number of benzene rings is 3. The van der Waals surface area contributed by atoms with Gasteiger partial charge in [-0.1, -0.05) is 24.3 Å². The average molecular weight is 429 g/mol. The zero-order valence-electron chi connectivity index (χ0n) is 15.6. The first kappa shape index (κ1) is 18.4. The van der Waals surface area contributed by atoms with Gasteiger partial charge in [0, 0.05) is 22.3 Å². The molecule has 0 spiro atoms. The molecule has 30 heavy (non-hydrogen) atoms. The van der Waals surface area contributed by atoms with Crippen molar-refractivity contribution < 1.29 is 0 Å². The van der Waals surface area contributed by atoms with Crippen LogP contribution in [-0.2, 0) is 0 Å². The van der Waals surface area contributed by atoms with E-state index in [1.165, 1.54) is 0 Å². The van der Waals surface area contributed by atoms with Gasteiger partial charge in [0.25, 0.3) is 0 Å². The molecule has 8 heteroatoms. The standard InChI is InChI=1S/C22H16N6S2/c23-19(24)13-5-7-15-17(9-13)29-21(27-15)11-1-2-12(4-3-11)22-28-16-8-6-14(20(25)26)10-18(16)30-22/h1-10H,(H3,23,24)(H3,25,26). The predicted octanol–water partition coefficient (Wildman–Crippen LogP) is 4.81. The highest BCUT2D eigenvalue weighted by Gasteiger charge is 2.11. The molecule has 0 atom stereocenters. The minimum atomic E-state index is 0.0578. The summed E-state index contributed by atoms with van der Waals surface area (Å²) in [5.74, 6) is 0.116. The topological polar surface area (TPSA) is 126 Å². The molecule has 0 bridgehead atoms. The maximum Gasteiger partial charge on any atom is 0.124 e. The molecular formula is C22H16N6S2. The van der Waals surface area contributed by atoms with Gasteiger partial charge in [-0.15, -0.1) is 22.7 Å². The second-order valence-electron chi connectivity index (χ2n) is 6.81. The number of thiazole rings is 2. The third-order valence-electron chi connectivity index (χ3n) is 4.78. The highest BCUT2D eigenvalue weighted by atomic mass is 32.1. The SMILES string of the molecule is N=C(N)c1ccc2nc(-c3ccc(-c4nc5ccc(C(=N)N)cc5s4)cc3)sc2c1. The number of nitrogens with one attached hydrogen (secondary N) is 2. The second-order valence-corrected chi connectivity index (χ2v) is 8.87. The van der Waals surface area contributed by atoms with E-state index in [4.69, 9.17) is 32.3 Å². The van der Waals surface area contributed by atoms with Gasteiger partial charge < -0.3 is 11.5 Å². The van der Waals surface area contributed by atoms with Crippen LogP contribution in [0.3, 0.4) is 0 Å².